The molecule has 140 valence electrons. The van der Waals surface area contributed by atoms with Crippen LogP contribution in [0.15, 0.2) is 47.4 Å². The minimum absolute atomic E-state index is 0.00797. The number of likely N-dealkylation sites (tertiary alicyclic amines) is 1. The standard InChI is InChI=1S/C21H24N4O2/c1-23(2)17-13-19(26)25(22-14-17)15-20(27)24-11-9-21(10-12-24)8-7-16-5-3-4-6-18(16)21/h3-8,13-14H,9-12,15H2,1-2H3. The zero-order valence-corrected chi connectivity index (χ0v) is 15.8. The Bertz CT molecular complexity index is 953. The topological polar surface area (TPSA) is 58.4 Å². The maximum Gasteiger partial charge on any atom is 0.269 e. The zero-order valence-electron chi connectivity index (χ0n) is 15.8. The van der Waals surface area contributed by atoms with Crippen LogP contribution in [0.2, 0.25) is 0 Å². The minimum atomic E-state index is -0.254. The molecule has 0 saturated carbocycles. The van der Waals surface area contributed by atoms with Crippen LogP contribution in [0.25, 0.3) is 6.08 Å². The lowest BCUT2D eigenvalue weighted by Crippen LogP contribution is -2.46. The highest BCUT2D eigenvalue weighted by atomic mass is 16.2. The Labute approximate surface area is 158 Å². The summed E-state index contributed by atoms with van der Waals surface area (Å²) in [6, 6.07) is 10.00. The van der Waals surface area contributed by atoms with E-state index in [9.17, 15) is 9.59 Å². The summed E-state index contributed by atoms with van der Waals surface area (Å²) in [6.07, 6.45) is 7.93. The van der Waals surface area contributed by atoms with Gasteiger partial charge in [-0.1, -0.05) is 36.4 Å². The van der Waals surface area contributed by atoms with Gasteiger partial charge in [-0.05, 0) is 24.0 Å². The molecule has 2 aliphatic rings. The Hall–Kier alpha value is -2.89. The van der Waals surface area contributed by atoms with Gasteiger partial charge in [0.1, 0.15) is 6.54 Å². The zero-order chi connectivity index (χ0) is 19.0. The van der Waals surface area contributed by atoms with Crippen LogP contribution in [0.1, 0.15) is 24.0 Å². The van der Waals surface area contributed by atoms with Crippen molar-refractivity contribution in [1.29, 1.82) is 0 Å². The average Bonchev–Trinajstić information content (AvgIpc) is 3.02. The van der Waals surface area contributed by atoms with Crippen LogP contribution in [0, 0.1) is 0 Å². The molecule has 1 fully saturated rings. The highest BCUT2D eigenvalue weighted by molar-refractivity contribution is 5.76. The molecule has 4 rings (SSSR count). The van der Waals surface area contributed by atoms with Crippen molar-refractivity contribution in [2.24, 2.45) is 0 Å². The van der Waals surface area contributed by atoms with E-state index < -0.39 is 0 Å². The van der Waals surface area contributed by atoms with Gasteiger partial charge in [-0.2, -0.15) is 5.10 Å². The molecule has 1 saturated heterocycles. The fourth-order valence-electron chi connectivity index (χ4n) is 4.04. The monoisotopic (exact) mass is 364 g/mol. The number of rotatable bonds is 3. The molecule has 1 aliphatic heterocycles. The van der Waals surface area contributed by atoms with Crippen LogP contribution in [-0.4, -0.2) is 47.8 Å². The number of fused-ring (bicyclic) bond motifs is 2. The van der Waals surface area contributed by atoms with Gasteiger partial charge < -0.3 is 9.80 Å². The number of piperidine rings is 1. The van der Waals surface area contributed by atoms with Crippen molar-refractivity contribution in [3.05, 3.63) is 64.1 Å². The molecule has 6 heteroatoms. The van der Waals surface area contributed by atoms with E-state index in [1.807, 2.05) is 23.9 Å². The molecule has 0 radical (unpaired) electrons. The van der Waals surface area contributed by atoms with E-state index in [2.05, 4.69) is 41.5 Å². The molecule has 6 nitrogen and oxygen atoms in total. The van der Waals surface area contributed by atoms with Crippen molar-refractivity contribution in [2.45, 2.75) is 24.8 Å². The Balaban J connectivity index is 1.43. The molecule has 1 aromatic heterocycles. The molecule has 1 aliphatic carbocycles. The second kappa shape index (κ2) is 6.68. The van der Waals surface area contributed by atoms with Crippen molar-refractivity contribution >= 4 is 17.7 Å². The predicted molar refractivity (Wildman–Crippen MR) is 106 cm³/mol. The quantitative estimate of drug-likeness (QED) is 0.835. The van der Waals surface area contributed by atoms with E-state index in [4.69, 9.17) is 0 Å². The molecular weight excluding hydrogens is 340 g/mol. The third-order valence-electron chi connectivity index (χ3n) is 5.74. The number of amides is 1. The van der Waals surface area contributed by atoms with Crippen LogP contribution < -0.4 is 10.5 Å². The summed E-state index contributed by atoms with van der Waals surface area (Å²) in [5.41, 5.74) is 3.18. The number of hydrogen-bond donors (Lipinski definition) is 0. The van der Waals surface area contributed by atoms with Gasteiger partial charge in [0, 0.05) is 38.7 Å². The molecule has 2 heterocycles. The van der Waals surface area contributed by atoms with Crippen LogP contribution in [0.3, 0.4) is 0 Å². The van der Waals surface area contributed by atoms with Crippen molar-refractivity contribution < 1.29 is 4.79 Å². The summed E-state index contributed by atoms with van der Waals surface area (Å²) in [4.78, 5) is 28.6. The number of nitrogens with zero attached hydrogens (tertiary/aromatic N) is 4. The van der Waals surface area contributed by atoms with Crippen molar-refractivity contribution in [1.82, 2.24) is 14.7 Å². The summed E-state index contributed by atoms with van der Waals surface area (Å²) < 4.78 is 1.24. The number of aromatic nitrogens is 2. The molecule has 0 bridgehead atoms. The van der Waals surface area contributed by atoms with Crippen molar-refractivity contribution in [3.63, 3.8) is 0 Å². The second-order valence-electron chi connectivity index (χ2n) is 7.56. The van der Waals surface area contributed by atoms with Gasteiger partial charge in [-0.25, -0.2) is 4.68 Å². The SMILES string of the molecule is CN(C)c1cnn(CC(=O)N2CCC3(C=Cc4ccccc43)CC2)c(=O)c1. The number of hydrogen-bond acceptors (Lipinski definition) is 4. The molecule has 1 amide bonds. The first-order valence-corrected chi connectivity index (χ1v) is 9.30. The summed E-state index contributed by atoms with van der Waals surface area (Å²) in [5, 5.41) is 4.14. The Morgan fingerprint density at radius 1 is 1.22 bits per heavy atom. The van der Waals surface area contributed by atoms with Crippen molar-refractivity contribution in [3.8, 4) is 0 Å². The summed E-state index contributed by atoms with van der Waals surface area (Å²) in [7, 11) is 3.70. The van der Waals surface area contributed by atoms with Crippen molar-refractivity contribution in [2.75, 3.05) is 32.1 Å². The van der Waals surface area contributed by atoms with Crippen LogP contribution >= 0.6 is 0 Å². The lowest BCUT2D eigenvalue weighted by atomic mass is 9.74. The molecule has 0 N–H and O–H groups in total. The number of allylic oxidation sites excluding steroid dienone is 1. The highest BCUT2D eigenvalue weighted by Crippen LogP contribution is 2.43. The number of carbonyl (C=O) groups is 1. The van der Waals surface area contributed by atoms with Gasteiger partial charge in [0.05, 0.1) is 11.9 Å². The van der Waals surface area contributed by atoms with Crippen LogP contribution in [0.5, 0.6) is 0 Å². The number of anilines is 1. The molecule has 1 aromatic carbocycles. The van der Waals surface area contributed by atoms with Gasteiger partial charge >= 0.3 is 0 Å². The molecule has 1 spiro atoms. The lowest BCUT2D eigenvalue weighted by Gasteiger charge is -2.39. The summed E-state index contributed by atoms with van der Waals surface area (Å²) in [6.45, 7) is 1.38. The normalized spacial score (nSPS) is 17.2. The first-order valence-electron chi connectivity index (χ1n) is 9.30. The van der Waals surface area contributed by atoms with Crippen LogP contribution in [0.4, 0.5) is 5.69 Å². The summed E-state index contributed by atoms with van der Waals surface area (Å²) in [5.74, 6) is -0.0488. The Morgan fingerprint density at radius 3 is 2.67 bits per heavy atom. The Morgan fingerprint density at radius 2 is 1.96 bits per heavy atom. The first kappa shape index (κ1) is 17.5. The van der Waals surface area contributed by atoms with E-state index in [1.165, 1.54) is 21.9 Å². The number of carbonyl (C=O) groups excluding carboxylic acids is 1. The second-order valence-corrected chi connectivity index (χ2v) is 7.56. The molecular formula is C21H24N4O2. The largest absolute Gasteiger partial charge is 0.376 e. The lowest BCUT2D eigenvalue weighted by molar-refractivity contribution is -0.133. The van der Waals surface area contributed by atoms with Gasteiger partial charge in [-0.3, -0.25) is 9.59 Å². The van der Waals surface area contributed by atoms with Gasteiger partial charge in [0.15, 0.2) is 0 Å². The third kappa shape index (κ3) is 3.16. The maximum atomic E-state index is 12.7. The van der Waals surface area contributed by atoms with E-state index in [-0.39, 0.29) is 23.4 Å². The fraction of sp³-hybridized carbons (Fsp3) is 0.381. The minimum Gasteiger partial charge on any atom is -0.376 e. The fourth-order valence-corrected chi connectivity index (χ4v) is 4.04. The molecule has 2 aromatic rings. The maximum absolute atomic E-state index is 12.7. The van der Waals surface area contributed by atoms with Gasteiger partial charge in [-0.15, -0.1) is 0 Å². The summed E-state index contributed by atoms with van der Waals surface area (Å²) >= 11 is 0. The Kier molecular flexibility index (Phi) is 4.34. The van der Waals surface area contributed by atoms with Crippen LogP contribution in [-0.2, 0) is 16.8 Å². The predicted octanol–water partition coefficient (Wildman–Crippen LogP) is 1.90. The molecule has 0 atom stereocenters. The first-order chi connectivity index (χ1) is 13.0. The third-order valence-corrected chi connectivity index (χ3v) is 5.74. The average molecular weight is 364 g/mol. The van der Waals surface area contributed by atoms with E-state index in [0.717, 1.165) is 18.5 Å². The molecule has 0 unspecified atom stereocenters. The smallest absolute Gasteiger partial charge is 0.269 e. The highest BCUT2D eigenvalue weighted by Gasteiger charge is 2.38. The van der Waals surface area contributed by atoms with Gasteiger partial charge in [0.2, 0.25) is 5.91 Å². The number of benzene rings is 1. The van der Waals surface area contributed by atoms with E-state index in [0.29, 0.717) is 13.1 Å². The van der Waals surface area contributed by atoms with E-state index in [1.54, 1.807) is 6.20 Å². The molecule has 27 heavy (non-hydrogen) atoms. The van der Waals surface area contributed by atoms with E-state index >= 15 is 0 Å². The van der Waals surface area contributed by atoms with Gasteiger partial charge in [0.25, 0.3) is 5.56 Å².